The van der Waals surface area contributed by atoms with Crippen molar-refractivity contribution in [1.82, 2.24) is 0 Å². The van der Waals surface area contributed by atoms with Crippen molar-refractivity contribution in [1.29, 1.82) is 0 Å². The molecule has 0 bridgehead atoms. The summed E-state index contributed by atoms with van der Waals surface area (Å²) in [4.78, 5) is 73.0. The van der Waals surface area contributed by atoms with E-state index in [0.29, 0.717) is 31.6 Å². The summed E-state index contributed by atoms with van der Waals surface area (Å²) in [5, 5.41) is 10.6. The minimum Gasteiger partial charge on any atom is -0.462 e. The molecule has 0 aliphatic carbocycles. The van der Waals surface area contributed by atoms with E-state index in [4.69, 9.17) is 37.0 Å². The Morgan fingerprint density at radius 1 is 0.272 bits per heavy atom. The molecule has 0 radical (unpaired) electrons. The van der Waals surface area contributed by atoms with Crippen LogP contribution >= 0.6 is 15.6 Å². The minimum absolute atomic E-state index is 0.102. The number of phosphoric acid groups is 2. The van der Waals surface area contributed by atoms with Gasteiger partial charge in [0.25, 0.3) is 0 Å². The van der Waals surface area contributed by atoms with Gasteiger partial charge < -0.3 is 33.8 Å². The van der Waals surface area contributed by atoms with Gasteiger partial charge in [-0.15, -0.1) is 0 Å². The standard InChI is InChI=1S/C84H164O17P2/c1-9-76(7)62-54-46-38-32-28-24-20-16-12-14-18-22-26-30-34-40-50-58-66-83(88)100-79(70-94-81(86)64-56-48-39-33-29-25-21-17-13-11-15-19-23-27-31-36-44-52-60-74(3)4)72-98-102(90,91)96-68-78(85)69-97-103(92,93)99-73-80(101-84(89)67-59-51-43-42-47-55-63-77(8)10-2)71-95-82(87)65-57-49-41-35-37-45-53-61-75(5)6/h74-80,85H,9-73H2,1-8H3,(H,90,91)(H,92,93)/t76?,77?,78?,79-,80-/m1/s1. The second-order valence-electron chi connectivity index (χ2n) is 31.7. The molecule has 0 saturated heterocycles. The van der Waals surface area contributed by atoms with Crippen LogP contribution in [0.2, 0.25) is 0 Å². The topological polar surface area (TPSA) is 237 Å². The van der Waals surface area contributed by atoms with E-state index in [9.17, 15) is 43.2 Å². The Kier molecular flexibility index (Phi) is 71.5. The Bertz CT molecular complexity index is 2010. The number of unbranched alkanes of at least 4 members (excludes halogenated alkanes) is 45. The Morgan fingerprint density at radius 3 is 0.689 bits per heavy atom. The van der Waals surface area contributed by atoms with Crippen molar-refractivity contribution in [3.63, 3.8) is 0 Å². The average molecular weight is 1510 g/mol. The normalized spacial score (nSPS) is 14.5. The number of hydrogen-bond acceptors (Lipinski definition) is 15. The number of phosphoric ester groups is 2. The van der Waals surface area contributed by atoms with Crippen LogP contribution in [0.25, 0.3) is 0 Å². The summed E-state index contributed by atoms with van der Waals surface area (Å²) in [5.74, 6) is 1.00. The number of aliphatic hydroxyl groups excluding tert-OH is 1. The van der Waals surface area contributed by atoms with E-state index in [1.54, 1.807) is 0 Å². The lowest BCUT2D eigenvalue weighted by atomic mass is 9.99. The molecule has 0 aliphatic rings. The number of hydrogen-bond donors (Lipinski definition) is 3. The maximum atomic E-state index is 13.1. The number of carbonyl (C=O) groups excluding carboxylic acids is 4. The van der Waals surface area contributed by atoms with Gasteiger partial charge in [-0.2, -0.15) is 0 Å². The molecule has 17 nitrogen and oxygen atoms in total. The van der Waals surface area contributed by atoms with Crippen LogP contribution in [0.3, 0.4) is 0 Å². The van der Waals surface area contributed by atoms with Gasteiger partial charge in [0.2, 0.25) is 0 Å². The third kappa shape index (κ3) is 75.3. The molecule has 103 heavy (non-hydrogen) atoms. The fourth-order valence-electron chi connectivity index (χ4n) is 12.9. The zero-order chi connectivity index (χ0) is 76.0. The molecule has 0 rings (SSSR count). The van der Waals surface area contributed by atoms with Gasteiger partial charge in [0.1, 0.15) is 19.3 Å². The fourth-order valence-corrected chi connectivity index (χ4v) is 14.5. The average Bonchev–Trinajstić information content (AvgIpc) is 0.993. The van der Waals surface area contributed by atoms with E-state index in [1.165, 1.54) is 231 Å². The first-order valence-corrected chi connectivity index (χ1v) is 46.3. The first kappa shape index (κ1) is 101. The molecule has 0 saturated carbocycles. The number of carbonyl (C=O) groups is 4. The van der Waals surface area contributed by atoms with Gasteiger partial charge in [-0.25, -0.2) is 9.13 Å². The van der Waals surface area contributed by atoms with Gasteiger partial charge in [0.05, 0.1) is 26.4 Å². The predicted molar refractivity (Wildman–Crippen MR) is 423 cm³/mol. The van der Waals surface area contributed by atoms with Crippen LogP contribution in [0.4, 0.5) is 0 Å². The lowest BCUT2D eigenvalue weighted by molar-refractivity contribution is -0.161. The Morgan fingerprint density at radius 2 is 0.466 bits per heavy atom. The Labute approximate surface area is 632 Å². The maximum Gasteiger partial charge on any atom is 0.472 e. The third-order valence-electron chi connectivity index (χ3n) is 20.3. The minimum atomic E-state index is -4.97. The summed E-state index contributed by atoms with van der Waals surface area (Å²) in [5.41, 5.74) is 0. The lowest BCUT2D eigenvalue weighted by Gasteiger charge is -2.21. The third-order valence-corrected chi connectivity index (χ3v) is 22.2. The van der Waals surface area contributed by atoms with E-state index in [0.717, 1.165) is 114 Å². The van der Waals surface area contributed by atoms with Crippen LogP contribution < -0.4 is 0 Å². The monoisotopic (exact) mass is 1510 g/mol. The zero-order valence-corrected chi connectivity index (χ0v) is 69.7. The van der Waals surface area contributed by atoms with Crippen LogP contribution in [0.15, 0.2) is 0 Å². The molecule has 3 N–H and O–H groups in total. The maximum absolute atomic E-state index is 13.1. The van der Waals surface area contributed by atoms with Crippen molar-refractivity contribution in [2.75, 3.05) is 39.6 Å². The first-order valence-electron chi connectivity index (χ1n) is 43.3. The molecular formula is C84H164O17P2. The molecule has 0 heterocycles. The molecule has 0 amide bonds. The van der Waals surface area contributed by atoms with Gasteiger partial charge in [-0.3, -0.25) is 37.3 Å². The first-order chi connectivity index (χ1) is 49.7. The Balaban J connectivity index is 5.18. The van der Waals surface area contributed by atoms with Crippen molar-refractivity contribution in [2.45, 2.75) is 453 Å². The highest BCUT2D eigenvalue weighted by atomic mass is 31.2. The number of rotatable bonds is 81. The van der Waals surface area contributed by atoms with Gasteiger partial charge in [-0.05, 0) is 49.4 Å². The molecule has 7 atom stereocenters. The smallest absolute Gasteiger partial charge is 0.462 e. The van der Waals surface area contributed by atoms with Gasteiger partial charge in [-0.1, -0.05) is 383 Å². The van der Waals surface area contributed by atoms with Crippen LogP contribution in [0.5, 0.6) is 0 Å². The fraction of sp³-hybridized carbons (Fsp3) is 0.952. The summed E-state index contributed by atoms with van der Waals surface area (Å²) >= 11 is 0. The molecule has 0 aromatic rings. The van der Waals surface area contributed by atoms with Crippen LogP contribution in [-0.2, 0) is 65.4 Å². The second kappa shape index (κ2) is 72.9. The van der Waals surface area contributed by atoms with Crippen molar-refractivity contribution >= 4 is 39.5 Å². The number of esters is 4. The summed E-state index contributed by atoms with van der Waals surface area (Å²) < 4.78 is 68.7. The van der Waals surface area contributed by atoms with E-state index in [-0.39, 0.29) is 25.7 Å². The van der Waals surface area contributed by atoms with Crippen molar-refractivity contribution in [3.05, 3.63) is 0 Å². The molecule has 0 aliphatic heterocycles. The van der Waals surface area contributed by atoms with Crippen molar-refractivity contribution in [2.24, 2.45) is 23.7 Å². The molecule has 0 spiro atoms. The van der Waals surface area contributed by atoms with Gasteiger partial charge in [0, 0.05) is 25.7 Å². The van der Waals surface area contributed by atoms with Crippen LogP contribution in [-0.4, -0.2) is 96.7 Å². The highest BCUT2D eigenvalue weighted by Gasteiger charge is 2.30. The highest BCUT2D eigenvalue weighted by Crippen LogP contribution is 2.45. The van der Waals surface area contributed by atoms with Crippen molar-refractivity contribution < 1.29 is 80.2 Å². The number of ether oxygens (including phenoxy) is 4. The van der Waals surface area contributed by atoms with Gasteiger partial charge in [0.15, 0.2) is 12.2 Å². The van der Waals surface area contributed by atoms with E-state index in [1.807, 2.05) is 0 Å². The summed E-state index contributed by atoms with van der Waals surface area (Å²) in [6, 6.07) is 0. The van der Waals surface area contributed by atoms with E-state index < -0.39 is 97.5 Å². The second-order valence-corrected chi connectivity index (χ2v) is 34.6. The lowest BCUT2D eigenvalue weighted by Crippen LogP contribution is -2.30. The Hall–Kier alpha value is -1.94. The SMILES string of the molecule is CCC(C)CCCCCCCCCCCCCCCCCCCCC(=O)O[C@H](COC(=O)CCCCCCCCCCCCCCCCCCCCC(C)C)COP(=O)(O)OCC(O)COP(=O)(O)OC[C@@H](COC(=O)CCCCCCCCCC(C)C)OC(=O)CCCCCCCCC(C)CC. The van der Waals surface area contributed by atoms with Gasteiger partial charge >= 0.3 is 39.5 Å². The van der Waals surface area contributed by atoms with E-state index in [2.05, 4.69) is 55.4 Å². The predicted octanol–water partition coefficient (Wildman–Crippen LogP) is 25.2. The molecule has 0 aromatic carbocycles. The quantitative estimate of drug-likeness (QED) is 0.0222. The zero-order valence-electron chi connectivity index (χ0n) is 68.0. The van der Waals surface area contributed by atoms with Crippen LogP contribution in [0, 0.1) is 23.7 Å². The van der Waals surface area contributed by atoms with E-state index >= 15 is 0 Å². The molecular weight excluding hydrogens is 1340 g/mol. The largest absolute Gasteiger partial charge is 0.472 e. The highest BCUT2D eigenvalue weighted by molar-refractivity contribution is 7.47. The summed E-state index contributed by atoms with van der Waals surface area (Å²) in [7, 11) is -9.92. The van der Waals surface area contributed by atoms with Crippen molar-refractivity contribution in [3.8, 4) is 0 Å². The molecule has 19 heteroatoms. The molecule has 612 valence electrons. The summed E-state index contributed by atoms with van der Waals surface area (Å²) in [6.45, 7) is 14.3. The summed E-state index contributed by atoms with van der Waals surface area (Å²) in [6.07, 6.45) is 61.4. The molecule has 5 unspecified atom stereocenters. The van der Waals surface area contributed by atoms with Crippen LogP contribution in [0.1, 0.15) is 434 Å². The molecule has 0 aromatic heterocycles. The molecule has 0 fully saturated rings. The number of aliphatic hydroxyl groups is 1.